The highest BCUT2D eigenvalue weighted by molar-refractivity contribution is 6.12. The Kier molecular flexibility index (Phi) is 5.90. The molecule has 3 heterocycles. The van der Waals surface area contributed by atoms with Gasteiger partial charge in [0.25, 0.3) is 11.5 Å². The number of carbonyl (C=O) groups is 1. The molecule has 35 heavy (non-hydrogen) atoms. The third-order valence-corrected chi connectivity index (χ3v) is 6.45. The van der Waals surface area contributed by atoms with Gasteiger partial charge in [-0.1, -0.05) is 13.8 Å². The molecule has 1 aliphatic carbocycles. The van der Waals surface area contributed by atoms with Gasteiger partial charge in [-0.3, -0.25) is 19.1 Å². The highest BCUT2D eigenvalue weighted by atomic mass is 19.1. The molecule has 184 valence electrons. The van der Waals surface area contributed by atoms with Crippen molar-refractivity contribution in [1.82, 2.24) is 14.5 Å². The molecular formula is C25H27F2N5O3. The lowest BCUT2D eigenvalue weighted by atomic mass is 10.1. The van der Waals surface area contributed by atoms with Gasteiger partial charge < -0.3 is 10.2 Å². The largest absolute Gasteiger partial charge is 0.367 e. The zero-order valence-corrected chi connectivity index (χ0v) is 19.7. The van der Waals surface area contributed by atoms with Crippen molar-refractivity contribution in [2.45, 2.75) is 52.0 Å². The number of aromatic amines is 1. The number of pyridine rings is 1. The highest BCUT2D eigenvalue weighted by Gasteiger charge is 2.29. The highest BCUT2D eigenvalue weighted by Crippen LogP contribution is 2.40. The molecule has 10 heteroatoms. The number of fused-ring (bicyclic) bond motifs is 1. The van der Waals surface area contributed by atoms with Gasteiger partial charge in [-0.15, -0.1) is 0 Å². The number of hydrogen-bond acceptors (Lipinski definition) is 5. The summed E-state index contributed by atoms with van der Waals surface area (Å²) in [5, 5.41) is 2.51. The van der Waals surface area contributed by atoms with Crippen molar-refractivity contribution < 1.29 is 13.6 Å². The fourth-order valence-electron chi connectivity index (χ4n) is 4.67. The maximum Gasteiger partial charge on any atom is 0.330 e. The first-order chi connectivity index (χ1) is 16.7. The van der Waals surface area contributed by atoms with Crippen molar-refractivity contribution in [2.24, 2.45) is 5.92 Å². The Morgan fingerprint density at radius 1 is 1.14 bits per heavy atom. The second kappa shape index (κ2) is 8.90. The fourth-order valence-corrected chi connectivity index (χ4v) is 4.67. The van der Waals surface area contributed by atoms with Crippen LogP contribution in [-0.4, -0.2) is 33.5 Å². The molecule has 8 nitrogen and oxygen atoms in total. The SMILES string of the molecule is CC(C)Cn1c(=O)[nH]c(=O)c2c(C(=O)Nc3cc(F)c(N4CCCC4)c(F)c3)cc(C3CC3)nc21. The average Bonchev–Trinajstić information content (AvgIpc) is 3.51. The molecule has 1 amide bonds. The van der Waals surface area contributed by atoms with Gasteiger partial charge in [0.2, 0.25) is 0 Å². The van der Waals surface area contributed by atoms with E-state index in [0.29, 0.717) is 25.3 Å². The van der Waals surface area contributed by atoms with Gasteiger partial charge in [0, 0.05) is 36.9 Å². The molecule has 0 atom stereocenters. The smallest absolute Gasteiger partial charge is 0.330 e. The van der Waals surface area contributed by atoms with Gasteiger partial charge >= 0.3 is 5.69 Å². The summed E-state index contributed by atoms with van der Waals surface area (Å²) >= 11 is 0. The van der Waals surface area contributed by atoms with Crippen molar-refractivity contribution in [3.05, 3.63) is 61.9 Å². The molecule has 0 bridgehead atoms. The number of H-pyrrole nitrogens is 1. The van der Waals surface area contributed by atoms with E-state index in [1.807, 2.05) is 13.8 Å². The number of carbonyl (C=O) groups excluding carboxylic acids is 1. The molecular weight excluding hydrogens is 456 g/mol. The minimum Gasteiger partial charge on any atom is -0.367 e. The molecule has 1 saturated carbocycles. The van der Waals surface area contributed by atoms with Gasteiger partial charge in [-0.2, -0.15) is 0 Å². The van der Waals surface area contributed by atoms with Crippen LogP contribution >= 0.6 is 0 Å². The number of halogens is 2. The number of nitrogens with zero attached hydrogens (tertiary/aromatic N) is 3. The molecule has 3 aromatic rings. The lowest BCUT2D eigenvalue weighted by Gasteiger charge is -2.20. The van der Waals surface area contributed by atoms with Crippen LogP contribution in [0.25, 0.3) is 11.0 Å². The fraction of sp³-hybridized carbons (Fsp3) is 0.440. The van der Waals surface area contributed by atoms with Crippen LogP contribution in [0, 0.1) is 17.6 Å². The summed E-state index contributed by atoms with van der Waals surface area (Å²) in [5.41, 5.74) is -0.704. The van der Waals surface area contributed by atoms with Crippen LogP contribution in [0.15, 0.2) is 27.8 Å². The van der Waals surface area contributed by atoms with Gasteiger partial charge in [0.15, 0.2) is 17.3 Å². The van der Waals surface area contributed by atoms with Crippen LogP contribution in [0.4, 0.5) is 20.2 Å². The number of hydrogen-bond donors (Lipinski definition) is 2. The van der Waals surface area contributed by atoms with Crippen LogP contribution in [0.5, 0.6) is 0 Å². The van der Waals surface area contributed by atoms with Crippen LogP contribution in [0.3, 0.4) is 0 Å². The van der Waals surface area contributed by atoms with Crippen molar-refractivity contribution in [3.8, 4) is 0 Å². The summed E-state index contributed by atoms with van der Waals surface area (Å²) in [4.78, 5) is 47.2. The van der Waals surface area contributed by atoms with Gasteiger partial charge in [0.1, 0.15) is 5.69 Å². The van der Waals surface area contributed by atoms with E-state index in [9.17, 15) is 23.2 Å². The Morgan fingerprint density at radius 2 is 1.80 bits per heavy atom. The Bertz CT molecular complexity index is 1410. The van der Waals surface area contributed by atoms with E-state index >= 15 is 0 Å². The molecule has 0 radical (unpaired) electrons. The minimum absolute atomic E-state index is 0.0140. The number of anilines is 2. The van der Waals surface area contributed by atoms with Gasteiger partial charge in [-0.25, -0.2) is 18.6 Å². The maximum atomic E-state index is 14.8. The first-order valence-corrected chi connectivity index (χ1v) is 12.0. The summed E-state index contributed by atoms with van der Waals surface area (Å²) in [7, 11) is 0. The normalized spacial score (nSPS) is 15.9. The van der Waals surface area contributed by atoms with E-state index in [1.165, 1.54) is 4.57 Å². The number of aromatic nitrogens is 3. The van der Waals surface area contributed by atoms with E-state index in [2.05, 4.69) is 15.3 Å². The monoisotopic (exact) mass is 483 g/mol. The average molecular weight is 484 g/mol. The summed E-state index contributed by atoms with van der Waals surface area (Å²) in [5.74, 6) is -1.99. The van der Waals surface area contributed by atoms with Crippen molar-refractivity contribution in [3.63, 3.8) is 0 Å². The third kappa shape index (κ3) is 4.44. The molecule has 2 fully saturated rings. The molecule has 1 aromatic carbocycles. The van der Waals surface area contributed by atoms with Crippen molar-refractivity contribution >= 4 is 28.3 Å². The van der Waals surface area contributed by atoms with Crippen molar-refractivity contribution in [1.29, 1.82) is 0 Å². The molecule has 5 rings (SSSR count). The van der Waals surface area contributed by atoms with Crippen LogP contribution < -0.4 is 21.5 Å². The predicted molar refractivity (Wildman–Crippen MR) is 129 cm³/mol. The Morgan fingerprint density at radius 3 is 2.40 bits per heavy atom. The Balaban J connectivity index is 1.58. The lowest BCUT2D eigenvalue weighted by Crippen LogP contribution is -2.33. The summed E-state index contributed by atoms with van der Waals surface area (Å²) in [6.45, 7) is 5.32. The minimum atomic E-state index is -0.760. The first-order valence-electron chi connectivity index (χ1n) is 12.0. The van der Waals surface area contributed by atoms with Crippen LogP contribution in [0.1, 0.15) is 61.5 Å². The summed E-state index contributed by atoms with van der Waals surface area (Å²) < 4.78 is 31.0. The van der Waals surface area contributed by atoms with Crippen LogP contribution in [-0.2, 0) is 6.54 Å². The Labute approximate surface area is 200 Å². The summed E-state index contributed by atoms with van der Waals surface area (Å²) in [6, 6.07) is 3.71. The zero-order valence-electron chi connectivity index (χ0n) is 19.7. The number of rotatable bonds is 6. The second-order valence-corrected chi connectivity index (χ2v) is 9.77. The standard InChI is InChI=1S/C25H27F2N5O3/c1-13(2)12-32-22-20(24(34)30-25(32)35)16(11-19(29-22)14-5-6-14)23(33)28-15-9-17(26)21(18(27)10-15)31-7-3-4-8-31/h9-11,13-14H,3-8,12H2,1-2H3,(H,28,33)(H,30,34,35). The number of benzene rings is 1. The zero-order chi connectivity index (χ0) is 24.9. The van der Waals surface area contributed by atoms with Crippen LogP contribution in [0.2, 0.25) is 0 Å². The molecule has 0 spiro atoms. The third-order valence-electron chi connectivity index (χ3n) is 6.45. The molecule has 2 aliphatic rings. The lowest BCUT2D eigenvalue weighted by molar-refractivity contribution is 0.102. The maximum absolute atomic E-state index is 14.8. The van der Waals surface area contributed by atoms with Gasteiger partial charge in [-0.05, 0) is 49.8 Å². The van der Waals surface area contributed by atoms with Crippen molar-refractivity contribution in [2.75, 3.05) is 23.3 Å². The number of amides is 1. The first kappa shape index (κ1) is 23.2. The topological polar surface area (TPSA) is 100 Å². The Hall–Kier alpha value is -3.56. The van der Waals surface area contributed by atoms with E-state index in [0.717, 1.165) is 37.8 Å². The molecule has 0 unspecified atom stereocenters. The molecule has 2 aromatic heterocycles. The predicted octanol–water partition coefficient (Wildman–Crippen LogP) is 3.75. The van der Waals surface area contributed by atoms with E-state index in [1.54, 1.807) is 11.0 Å². The van der Waals surface area contributed by atoms with E-state index < -0.39 is 28.8 Å². The molecule has 1 aliphatic heterocycles. The van der Waals surface area contributed by atoms with E-state index in [-0.39, 0.29) is 39.8 Å². The second-order valence-electron chi connectivity index (χ2n) is 9.77. The molecule has 1 saturated heterocycles. The van der Waals surface area contributed by atoms with Gasteiger partial charge in [0.05, 0.1) is 10.9 Å². The summed E-state index contributed by atoms with van der Waals surface area (Å²) in [6.07, 6.45) is 3.52. The molecule has 2 N–H and O–H groups in total. The number of nitrogens with one attached hydrogen (secondary N) is 2. The van der Waals surface area contributed by atoms with E-state index in [4.69, 9.17) is 0 Å². The quantitative estimate of drug-likeness (QED) is 0.556.